The second kappa shape index (κ2) is 8.09. The van der Waals surface area contributed by atoms with E-state index in [2.05, 4.69) is 53.5 Å². The highest BCUT2D eigenvalue weighted by molar-refractivity contribution is 5.98. The lowest BCUT2D eigenvalue weighted by molar-refractivity contribution is -0.119. The van der Waals surface area contributed by atoms with Crippen LogP contribution in [0.5, 0.6) is 0 Å². The third-order valence-electron chi connectivity index (χ3n) is 5.81. The average Bonchev–Trinajstić information content (AvgIpc) is 3.10. The Labute approximate surface area is 156 Å². The van der Waals surface area contributed by atoms with E-state index in [-0.39, 0.29) is 11.8 Å². The molecule has 2 N–H and O–H groups in total. The fraction of sp³-hybridized carbons (Fsp3) is 0.500. The monoisotopic (exact) mass is 353 g/mol. The summed E-state index contributed by atoms with van der Waals surface area (Å²) >= 11 is 0. The number of benzene rings is 1. The maximum absolute atomic E-state index is 12.2. The molecule has 0 saturated carbocycles. The van der Waals surface area contributed by atoms with Gasteiger partial charge in [-0.05, 0) is 50.0 Å². The number of hydrogen-bond donors (Lipinski definition) is 2. The van der Waals surface area contributed by atoms with Crippen LogP contribution in [0.3, 0.4) is 0 Å². The van der Waals surface area contributed by atoms with Crippen molar-refractivity contribution in [3.05, 3.63) is 36.0 Å². The number of anilines is 1. The number of amides is 1. The number of aromatic nitrogens is 1. The van der Waals surface area contributed by atoms with E-state index in [4.69, 9.17) is 0 Å². The Morgan fingerprint density at radius 1 is 1.27 bits per heavy atom. The largest absolute Gasteiger partial charge is 0.361 e. The SMILES string of the molecule is CCC(C)C(=O)Nc1ccc2[nH]cc(C3=CCN(C(C)CC)CC3)c2c1. The van der Waals surface area contributed by atoms with Crippen molar-refractivity contribution in [3.8, 4) is 0 Å². The summed E-state index contributed by atoms with van der Waals surface area (Å²) < 4.78 is 0. The molecule has 0 saturated heterocycles. The van der Waals surface area contributed by atoms with Crippen LogP contribution in [0.25, 0.3) is 16.5 Å². The normalized spacial score (nSPS) is 17.8. The summed E-state index contributed by atoms with van der Waals surface area (Å²) in [4.78, 5) is 18.1. The summed E-state index contributed by atoms with van der Waals surface area (Å²) in [5.74, 6) is 0.119. The Balaban J connectivity index is 1.83. The zero-order valence-electron chi connectivity index (χ0n) is 16.4. The van der Waals surface area contributed by atoms with Gasteiger partial charge in [-0.15, -0.1) is 0 Å². The predicted octanol–water partition coefficient (Wildman–Crippen LogP) is 5.04. The van der Waals surface area contributed by atoms with Crippen molar-refractivity contribution in [2.75, 3.05) is 18.4 Å². The van der Waals surface area contributed by atoms with Crippen molar-refractivity contribution in [1.29, 1.82) is 0 Å². The first-order chi connectivity index (χ1) is 12.5. The molecular formula is C22H31N3O. The molecule has 3 rings (SSSR count). The van der Waals surface area contributed by atoms with Gasteiger partial charge in [0.05, 0.1) is 0 Å². The van der Waals surface area contributed by atoms with E-state index in [9.17, 15) is 4.79 Å². The van der Waals surface area contributed by atoms with Gasteiger partial charge < -0.3 is 10.3 Å². The molecular weight excluding hydrogens is 322 g/mol. The van der Waals surface area contributed by atoms with Crippen molar-refractivity contribution in [1.82, 2.24) is 9.88 Å². The van der Waals surface area contributed by atoms with Crippen LogP contribution in [0, 0.1) is 5.92 Å². The van der Waals surface area contributed by atoms with Crippen LogP contribution in [-0.4, -0.2) is 34.9 Å². The Kier molecular flexibility index (Phi) is 5.82. The van der Waals surface area contributed by atoms with Crippen molar-refractivity contribution in [2.24, 2.45) is 5.92 Å². The lowest BCUT2D eigenvalue weighted by atomic mass is 9.97. The van der Waals surface area contributed by atoms with Gasteiger partial charge in [0, 0.05) is 53.4 Å². The first-order valence-electron chi connectivity index (χ1n) is 9.88. The minimum atomic E-state index is 0.0315. The van der Waals surface area contributed by atoms with Gasteiger partial charge in [0.1, 0.15) is 0 Å². The summed E-state index contributed by atoms with van der Waals surface area (Å²) in [5, 5.41) is 4.24. The summed E-state index contributed by atoms with van der Waals surface area (Å²) in [7, 11) is 0. The third kappa shape index (κ3) is 3.85. The Bertz CT molecular complexity index is 805. The highest BCUT2D eigenvalue weighted by Gasteiger charge is 2.19. The van der Waals surface area contributed by atoms with Crippen LogP contribution in [0.1, 0.15) is 52.5 Å². The van der Waals surface area contributed by atoms with Crippen molar-refractivity contribution < 1.29 is 4.79 Å². The van der Waals surface area contributed by atoms with Crippen LogP contribution in [0.15, 0.2) is 30.5 Å². The van der Waals surface area contributed by atoms with Gasteiger partial charge in [-0.25, -0.2) is 0 Å². The number of fused-ring (bicyclic) bond motifs is 1. The van der Waals surface area contributed by atoms with Crippen LogP contribution in [0.2, 0.25) is 0 Å². The molecule has 0 radical (unpaired) electrons. The van der Waals surface area contributed by atoms with Gasteiger partial charge in [0.2, 0.25) is 5.91 Å². The highest BCUT2D eigenvalue weighted by Crippen LogP contribution is 2.31. The molecule has 2 atom stereocenters. The molecule has 1 amide bonds. The van der Waals surface area contributed by atoms with Gasteiger partial charge in [-0.1, -0.05) is 26.8 Å². The van der Waals surface area contributed by atoms with Gasteiger partial charge in [-0.2, -0.15) is 0 Å². The first kappa shape index (κ1) is 18.7. The van der Waals surface area contributed by atoms with Crippen LogP contribution in [-0.2, 0) is 4.79 Å². The van der Waals surface area contributed by atoms with E-state index in [1.807, 2.05) is 19.9 Å². The fourth-order valence-corrected chi connectivity index (χ4v) is 3.50. The number of rotatable bonds is 6. The van der Waals surface area contributed by atoms with Gasteiger partial charge in [0.25, 0.3) is 0 Å². The maximum Gasteiger partial charge on any atom is 0.227 e. The Morgan fingerprint density at radius 2 is 2.08 bits per heavy atom. The molecule has 26 heavy (non-hydrogen) atoms. The molecule has 2 aromatic rings. The summed E-state index contributed by atoms with van der Waals surface area (Å²) in [5.41, 5.74) is 4.66. The molecule has 0 fully saturated rings. The molecule has 1 aliphatic rings. The molecule has 0 spiro atoms. The molecule has 2 heterocycles. The quantitative estimate of drug-likeness (QED) is 0.764. The van der Waals surface area contributed by atoms with Crippen molar-refractivity contribution in [3.63, 3.8) is 0 Å². The van der Waals surface area contributed by atoms with Crippen LogP contribution in [0.4, 0.5) is 5.69 Å². The minimum absolute atomic E-state index is 0.0315. The second-order valence-electron chi connectivity index (χ2n) is 7.49. The molecule has 2 unspecified atom stereocenters. The summed E-state index contributed by atoms with van der Waals surface area (Å²) in [6.07, 6.45) is 7.58. The Hall–Kier alpha value is -2.07. The average molecular weight is 354 g/mol. The molecule has 4 nitrogen and oxygen atoms in total. The molecule has 4 heteroatoms. The molecule has 1 aromatic heterocycles. The summed E-state index contributed by atoms with van der Waals surface area (Å²) in [6.45, 7) is 10.7. The zero-order valence-corrected chi connectivity index (χ0v) is 16.4. The molecule has 1 aliphatic heterocycles. The van der Waals surface area contributed by atoms with E-state index < -0.39 is 0 Å². The van der Waals surface area contributed by atoms with E-state index in [1.54, 1.807) is 0 Å². The summed E-state index contributed by atoms with van der Waals surface area (Å²) in [6, 6.07) is 6.77. The van der Waals surface area contributed by atoms with Gasteiger partial charge >= 0.3 is 0 Å². The van der Waals surface area contributed by atoms with E-state index >= 15 is 0 Å². The predicted molar refractivity (Wildman–Crippen MR) is 110 cm³/mol. The van der Waals surface area contributed by atoms with Gasteiger partial charge in [-0.3, -0.25) is 9.69 Å². The second-order valence-corrected chi connectivity index (χ2v) is 7.49. The number of nitrogens with zero attached hydrogens (tertiary/aromatic N) is 1. The topological polar surface area (TPSA) is 48.1 Å². The van der Waals surface area contributed by atoms with E-state index in [1.165, 1.54) is 22.9 Å². The van der Waals surface area contributed by atoms with E-state index in [0.717, 1.165) is 37.1 Å². The molecule has 0 aliphatic carbocycles. The number of aromatic amines is 1. The number of carbonyl (C=O) groups excluding carboxylic acids is 1. The zero-order chi connectivity index (χ0) is 18.7. The number of nitrogens with one attached hydrogen (secondary N) is 2. The standard InChI is InChI=1S/C22H31N3O/c1-5-15(3)22(26)24-18-7-8-21-19(13-18)20(14-23-21)17-9-11-25(12-10-17)16(4)6-2/h7-9,13-16,23H,5-6,10-12H2,1-4H3,(H,24,26). The van der Waals surface area contributed by atoms with Crippen LogP contribution < -0.4 is 5.32 Å². The smallest absolute Gasteiger partial charge is 0.227 e. The molecule has 1 aromatic carbocycles. The van der Waals surface area contributed by atoms with Crippen molar-refractivity contribution in [2.45, 2.75) is 53.0 Å². The lowest BCUT2D eigenvalue weighted by Gasteiger charge is -2.31. The van der Waals surface area contributed by atoms with E-state index in [0.29, 0.717) is 6.04 Å². The lowest BCUT2D eigenvalue weighted by Crippen LogP contribution is -2.35. The Morgan fingerprint density at radius 3 is 2.73 bits per heavy atom. The number of H-pyrrole nitrogens is 1. The third-order valence-corrected chi connectivity index (χ3v) is 5.81. The number of carbonyl (C=O) groups is 1. The maximum atomic E-state index is 12.2. The van der Waals surface area contributed by atoms with Crippen molar-refractivity contribution >= 4 is 28.1 Å². The fourth-order valence-electron chi connectivity index (χ4n) is 3.50. The van der Waals surface area contributed by atoms with Crippen LogP contribution >= 0.6 is 0 Å². The molecule has 0 bridgehead atoms. The molecule has 140 valence electrons. The number of hydrogen-bond acceptors (Lipinski definition) is 2. The minimum Gasteiger partial charge on any atom is -0.361 e. The first-order valence-corrected chi connectivity index (χ1v) is 9.88. The highest BCUT2D eigenvalue weighted by atomic mass is 16.1. The van der Waals surface area contributed by atoms with Gasteiger partial charge in [0.15, 0.2) is 0 Å².